The number of ketones is 1. The van der Waals surface area contributed by atoms with Crippen molar-refractivity contribution in [3.63, 3.8) is 0 Å². The average Bonchev–Trinajstić information content (AvgIpc) is 3.05. The molecule has 0 unspecified atom stereocenters. The molecule has 3 heterocycles. The lowest BCUT2D eigenvalue weighted by atomic mass is 10.2. The predicted molar refractivity (Wildman–Crippen MR) is 86.1 cm³/mol. The van der Waals surface area contributed by atoms with E-state index in [-0.39, 0.29) is 23.6 Å². The second-order valence-corrected chi connectivity index (χ2v) is 6.11. The van der Waals surface area contributed by atoms with Gasteiger partial charge >= 0.3 is 0 Å². The summed E-state index contributed by atoms with van der Waals surface area (Å²) < 4.78 is 32.0. The third kappa shape index (κ3) is 4.38. The summed E-state index contributed by atoms with van der Waals surface area (Å²) in [5.41, 5.74) is -0.177. The van der Waals surface area contributed by atoms with Gasteiger partial charge in [0.05, 0.1) is 18.8 Å². The minimum absolute atomic E-state index is 0.106. The van der Waals surface area contributed by atoms with Crippen molar-refractivity contribution in [1.82, 2.24) is 19.9 Å². The van der Waals surface area contributed by atoms with Gasteiger partial charge in [0.25, 0.3) is 5.92 Å². The second-order valence-electron chi connectivity index (χ2n) is 5.17. The number of ether oxygens (including phenoxy) is 1. The Kier molecular flexibility index (Phi) is 4.75. The Morgan fingerprint density at radius 2 is 2.04 bits per heavy atom. The second kappa shape index (κ2) is 6.98. The molecule has 3 aromatic heterocycles. The van der Waals surface area contributed by atoms with Crippen LogP contribution in [0, 0.1) is 0 Å². The Labute approximate surface area is 145 Å². The fourth-order valence-electron chi connectivity index (χ4n) is 1.92. The molecule has 3 rings (SSSR count). The van der Waals surface area contributed by atoms with E-state index in [1.807, 2.05) is 0 Å². The lowest BCUT2D eigenvalue weighted by Crippen LogP contribution is -2.09. The molecular formula is C16H12F2N4O2S. The molecule has 9 heteroatoms. The number of halogens is 2. The van der Waals surface area contributed by atoms with E-state index in [1.54, 1.807) is 6.07 Å². The van der Waals surface area contributed by atoms with Crippen molar-refractivity contribution >= 4 is 17.1 Å². The Hall–Kier alpha value is -2.81. The summed E-state index contributed by atoms with van der Waals surface area (Å²) in [5.74, 6) is -2.55. The van der Waals surface area contributed by atoms with E-state index >= 15 is 0 Å². The van der Waals surface area contributed by atoms with Crippen LogP contribution in [0.3, 0.4) is 0 Å². The van der Waals surface area contributed by atoms with Crippen molar-refractivity contribution in [3.8, 4) is 11.5 Å². The summed E-state index contributed by atoms with van der Waals surface area (Å²) in [4.78, 5) is 27.8. The van der Waals surface area contributed by atoms with Gasteiger partial charge in [-0.25, -0.2) is 15.0 Å². The van der Waals surface area contributed by atoms with Crippen molar-refractivity contribution in [2.45, 2.75) is 19.3 Å². The van der Waals surface area contributed by atoms with E-state index < -0.39 is 5.92 Å². The van der Waals surface area contributed by atoms with E-state index in [0.717, 1.165) is 18.3 Å². The van der Waals surface area contributed by atoms with Crippen molar-refractivity contribution in [1.29, 1.82) is 0 Å². The van der Waals surface area contributed by atoms with E-state index in [4.69, 9.17) is 4.74 Å². The predicted octanol–water partition coefficient (Wildman–Crippen LogP) is 3.66. The molecule has 0 saturated heterocycles. The monoisotopic (exact) mass is 362 g/mol. The maximum Gasteiger partial charge on any atom is 0.287 e. The molecule has 0 radical (unpaired) electrons. The van der Waals surface area contributed by atoms with Gasteiger partial charge in [0.15, 0.2) is 11.5 Å². The number of carbonyl (C=O) groups excluding carboxylic acids is 1. The number of Topliss-reactive ketones (excluding diaryl/α,β-unsaturated/α-hetero) is 1. The van der Waals surface area contributed by atoms with E-state index in [0.29, 0.717) is 16.5 Å². The first kappa shape index (κ1) is 17.0. The van der Waals surface area contributed by atoms with E-state index in [1.165, 1.54) is 36.4 Å². The quantitative estimate of drug-likeness (QED) is 0.623. The molecule has 3 aromatic rings. The minimum Gasteiger partial charge on any atom is -0.454 e. The Morgan fingerprint density at radius 3 is 2.72 bits per heavy atom. The number of thiazole rings is 1. The molecule has 0 aliphatic carbocycles. The summed E-state index contributed by atoms with van der Waals surface area (Å²) in [6.45, 7) is 0.767. The lowest BCUT2D eigenvalue weighted by Gasteiger charge is -2.06. The molecule has 0 atom stereocenters. The average molecular weight is 362 g/mol. The normalized spacial score (nSPS) is 11.3. The zero-order valence-electron chi connectivity index (χ0n) is 13.0. The standard InChI is InChI=1S/C16H12F2N4O2S/c1-16(17,18)14-8-25-15(22-14)5-13(23)12-4-10(2-3-21-12)24-11-6-19-9-20-7-11/h2-4,6-9H,5H2,1H3. The van der Waals surface area contributed by atoms with Crippen LogP contribution in [0.25, 0.3) is 0 Å². The van der Waals surface area contributed by atoms with Crippen molar-refractivity contribution < 1.29 is 18.3 Å². The molecule has 25 heavy (non-hydrogen) atoms. The highest BCUT2D eigenvalue weighted by Crippen LogP contribution is 2.28. The van der Waals surface area contributed by atoms with Crippen molar-refractivity contribution in [2.24, 2.45) is 0 Å². The van der Waals surface area contributed by atoms with Gasteiger partial charge in [0.1, 0.15) is 28.5 Å². The third-order valence-electron chi connectivity index (χ3n) is 3.10. The van der Waals surface area contributed by atoms with Gasteiger partial charge in [-0.1, -0.05) is 0 Å². The van der Waals surface area contributed by atoms with Gasteiger partial charge in [-0.05, 0) is 6.07 Å². The first-order valence-corrected chi connectivity index (χ1v) is 8.04. The first-order valence-electron chi connectivity index (χ1n) is 7.16. The fourth-order valence-corrected chi connectivity index (χ4v) is 2.80. The van der Waals surface area contributed by atoms with E-state index in [2.05, 4.69) is 19.9 Å². The Balaban J connectivity index is 1.72. The molecule has 0 amide bonds. The minimum atomic E-state index is -3.03. The van der Waals surface area contributed by atoms with Crippen LogP contribution in [-0.2, 0) is 12.3 Å². The number of hydrogen-bond donors (Lipinski definition) is 0. The number of aromatic nitrogens is 4. The van der Waals surface area contributed by atoms with Gasteiger partial charge in [-0.15, -0.1) is 11.3 Å². The molecule has 0 fully saturated rings. The zero-order chi connectivity index (χ0) is 17.9. The van der Waals surface area contributed by atoms with Crippen LogP contribution in [0.4, 0.5) is 8.78 Å². The highest BCUT2D eigenvalue weighted by atomic mass is 32.1. The molecule has 0 bridgehead atoms. The molecule has 0 N–H and O–H groups in total. The van der Waals surface area contributed by atoms with Crippen LogP contribution in [-0.4, -0.2) is 25.7 Å². The maximum absolute atomic E-state index is 13.2. The lowest BCUT2D eigenvalue weighted by molar-refractivity contribution is 0.0132. The molecule has 0 aliphatic heterocycles. The number of hydrogen-bond acceptors (Lipinski definition) is 7. The molecule has 0 aliphatic rings. The number of rotatable bonds is 6. The first-order chi connectivity index (χ1) is 11.9. The summed E-state index contributed by atoms with van der Waals surface area (Å²) in [7, 11) is 0. The van der Waals surface area contributed by atoms with Gasteiger partial charge in [0, 0.05) is 24.6 Å². The van der Waals surface area contributed by atoms with Crippen LogP contribution in [0.2, 0.25) is 0 Å². The SMILES string of the molecule is CC(F)(F)c1csc(CC(=O)c2cc(Oc3cncnc3)ccn2)n1. The number of pyridine rings is 1. The van der Waals surface area contributed by atoms with Gasteiger partial charge in [0.2, 0.25) is 0 Å². The van der Waals surface area contributed by atoms with Crippen LogP contribution in [0.1, 0.15) is 28.1 Å². The number of nitrogens with zero attached hydrogens (tertiary/aromatic N) is 4. The maximum atomic E-state index is 13.2. The van der Waals surface area contributed by atoms with E-state index in [9.17, 15) is 13.6 Å². The highest BCUT2D eigenvalue weighted by Gasteiger charge is 2.28. The third-order valence-corrected chi connectivity index (χ3v) is 3.95. The molecule has 128 valence electrons. The largest absolute Gasteiger partial charge is 0.454 e. The molecule has 6 nitrogen and oxygen atoms in total. The van der Waals surface area contributed by atoms with Gasteiger partial charge in [-0.3, -0.25) is 9.78 Å². The summed E-state index contributed by atoms with van der Waals surface area (Å²) in [5, 5.41) is 1.57. The fraction of sp³-hybridized carbons (Fsp3) is 0.188. The van der Waals surface area contributed by atoms with Crippen LogP contribution < -0.4 is 4.74 Å². The molecular weight excluding hydrogens is 350 g/mol. The summed E-state index contributed by atoms with van der Waals surface area (Å²) >= 11 is 1.02. The summed E-state index contributed by atoms with van der Waals surface area (Å²) in [6.07, 6.45) is 5.66. The van der Waals surface area contributed by atoms with Crippen molar-refractivity contribution in [3.05, 3.63) is 58.8 Å². The molecule has 0 aromatic carbocycles. The number of alkyl halides is 2. The summed E-state index contributed by atoms with van der Waals surface area (Å²) in [6, 6.07) is 3.06. The Bertz CT molecular complexity index is 881. The molecule has 0 saturated carbocycles. The van der Waals surface area contributed by atoms with Crippen LogP contribution >= 0.6 is 11.3 Å². The van der Waals surface area contributed by atoms with Gasteiger partial charge in [-0.2, -0.15) is 8.78 Å². The van der Waals surface area contributed by atoms with Gasteiger partial charge < -0.3 is 4.74 Å². The molecule has 0 spiro atoms. The van der Waals surface area contributed by atoms with Crippen molar-refractivity contribution in [2.75, 3.05) is 0 Å². The zero-order valence-corrected chi connectivity index (χ0v) is 13.8. The van der Waals surface area contributed by atoms with Crippen LogP contribution in [0.5, 0.6) is 11.5 Å². The topological polar surface area (TPSA) is 77.9 Å². The Morgan fingerprint density at radius 1 is 1.28 bits per heavy atom. The highest BCUT2D eigenvalue weighted by molar-refractivity contribution is 7.09. The van der Waals surface area contributed by atoms with Crippen LogP contribution in [0.15, 0.2) is 42.4 Å². The number of carbonyl (C=O) groups is 1. The smallest absolute Gasteiger partial charge is 0.287 e.